The van der Waals surface area contributed by atoms with E-state index in [2.05, 4.69) is 39.8 Å². The summed E-state index contributed by atoms with van der Waals surface area (Å²) in [6.45, 7) is 2.03. The molecule has 106 valence electrons. The normalized spacial score (nSPS) is 17.9. The summed E-state index contributed by atoms with van der Waals surface area (Å²) in [6.07, 6.45) is 6.55. The van der Waals surface area contributed by atoms with E-state index in [1.54, 1.807) is 17.5 Å². The average molecular weight is 270 g/mol. The number of rotatable bonds is 5. The standard InChI is InChI=1S/C16H22N4/c1-20-12-18-19-16(20)9-10-17-11-14-7-4-6-13-5-2-3-8-15(13)14/h2-3,5,8,12,14,17H,4,6-7,9-11H2,1H3. The predicted molar refractivity (Wildman–Crippen MR) is 79.7 cm³/mol. The maximum atomic E-state index is 4.11. The van der Waals surface area contributed by atoms with Crippen LogP contribution in [0.4, 0.5) is 0 Å². The van der Waals surface area contributed by atoms with Gasteiger partial charge in [0, 0.05) is 26.6 Å². The zero-order valence-electron chi connectivity index (χ0n) is 12.0. The van der Waals surface area contributed by atoms with E-state index in [0.29, 0.717) is 5.92 Å². The van der Waals surface area contributed by atoms with Gasteiger partial charge in [0.15, 0.2) is 0 Å². The van der Waals surface area contributed by atoms with Crippen LogP contribution in [0, 0.1) is 0 Å². The molecule has 1 heterocycles. The Morgan fingerprint density at radius 1 is 1.35 bits per heavy atom. The molecule has 0 bridgehead atoms. The van der Waals surface area contributed by atoms with Crippen molar-refractivity contribution in [3.8, 4) is 0 Å². The van der Waals surface area contributed by atoms with Crippen LogP contribution >= 0.6 is 0 Å². The van der Waals surface area contributed by atoms with Gasteiger partial charge in [0.05, 0.1) is 0 Å². The summed E-state index contributed by atoms with van der Waals surface area (Å²) in [5.41, 5.74) is 3.09. The Hall–Kier alpha value is -1.68. The first kappa shape index (κ1) is 13.3. The van der Waals surface area contributed by atoms with Crippen LogP contribution in [0.5, 0.6) is 0 Å². The molecule has 4 nitrogen and oxygen atoms in total. The van der Waals surface area contributed by atoms with Crippen molar-refractivity contribution < 1.29 is 0 Å². The molecule has 0 spiro atoms. The zero-order chi connectivity index (χ0) is 13.8. The smallest absolute Gasteiger partial charge is 0.133 e. The Labute approximate surface area is 120 Å². The number of hydrogen-bond acceptors (Lipinski definition) is 3. The molecule has 1 aliphatic rings. The fourth-order valence-electron chi connectivity index (χ4n) is 3.08. The highest BCUT2D eigenvalue weighted by Crippen LogP contribution is 2.30. The molecule has 1 N–H and O–H groups in total. The van der Waals surface area contributed by atoms with Crippen LogP contribution in [-0.2, 0) is 19.9 Å². The van der Waals surface area contributed by atoms with Crippen molar-refractivity contribution in [2.75, 3.05) is 13.1 Å². The highest BCUT2D eigenvalue weighted by molar-refractivity contribution is 5.32. The van der Waals surface area contributed by atoms with Crippen molar-refractivity contribution in [2.24, 2.45) is 7.05 Å². The Balaban J connectivity index is 1.51. The summed E-state index contributed by atoms with van der Waals surface area (Å²) < 4.78 is 1.98. The molecule has 2 aromatic rings. The van der Waals surface area contributed by atoms with Crippen LogP contribution in [-0.4, -0.2) is 27.9 Å². The maximum Gasteiger partial charge on any atom is 0.133 e. The molecule has 1 aliphatic carbocycles. The molecule has 0 radical (unpaired) electrons. The van der Waals surface area contributed by atoms with E-state index in [0.717, 1.165) is 25.3 Å². The van der Waals surface area contributed by atoms with Crippen LogP contribution in [0.1, 0.15) is 35.7 Å². The maximum absolute atomic E-state index is 4.11. The minimum atomic E-state index is 0.666. The molecular formula is C16H22N4. The largest absolute Gasteiger partial charge is 0.321 e. The fraction of sp³-hybridized carbons (Fsp3) is 0.500. The van der Waals surface area contributed by atoms with Crippen LogP contribution in [0.25, 0.3) is 0 Å². The molecule has 0 amide bonds. The minimum absolute atomic E-state index is 0.666. The molecule has 1 aromatic heterocycles. The van der Waals surface area contributed by atoms with Gasteiger partial charge in [0.25, 0.3) is 0 Å². The van der Waals surface area contributed by atoms with E-state index < -0.39 is 0 Å². The van der Waals surface area contributed by atoms with E-state index in [4.69, 9.17) is 0 Å². The Morgan fingerprint density at radius 3 is 3.10 bits per heavy atom. The fourth-order valence-corrected chi connectivity index (χ4v) is 3.08. The summed E-state index contributed by atoms with van der Waals surface area (Å²) in [5.74, 6) is 1.71. The SMILES string of the molecule is Cn1cnnc1CCNCC1CCCc2ccccc21. The van der Waals surface area contributed by atoms with E-state index in [9.17, 15) is 0 Å². The highest BCUT2D eigenvalue weighted by atomic mass is 15.2. The van der Waals surface area contributed by atoms with E-state index in [1.807, 2.05) is 11.6 Å². The van der Waals surface area contributed by atoms with Crippen LogP contribution in [0.15, 0.2) is 30.6 Å². The van der Waals surface area contributed by atoms with Gasteiger partial charge in [-0.05, 0) is 36.3 Å². The lowest BCUT2D eigenvalue weighted by Crippen LogP contribution is -2.26. The van der Waals surface area contributed by atoms with E-state index in [-0.39, 0.29) is 0 Å². The minimum Gasteiger partial charge on any atom is -0.321 e. The van der Waals surface area contributed by atoms with E-state index >= 15 is 0 Å². The molecule has 4 heteroatoms. The number of hydrogen-bond donors (Lipinski definition) is 1. The Morgan fingerprint density at radius 2 is 2.25 bits per heavy atom. The Kier molecular flexibility index (Phi) is 4.11. The summed E-state index contributed by atoms with van der Waals surface area (Å²) in [5, 5.41) is 11.6. The van der Waals surface area contributed by atoms with Crippen LogP contribution in [0.3, 0.4) is 0 Å². The van der Waals surface area contributed by atoms with Crippen molar-refractivity contribution in [1.29, 1.82) is 0 Å². The Bertz CT molecular complexity index is 561. The third-order valence-corrected chi connectivity index (χ3v) is 4.21. The summed E-state index contributed by atoms with van der Waals surface area (Å²) in [4.78, 5) is 0. The number of nitrogens with zero attached hydrogens (tertiary/aromatic N) is 3. The molecule has 0 saturated heterocycles. The average Bonchev–Trinajstić information content (AvgIpc) is 2.89. The van der Waals surface area contributed by atoms with Gasteiger partial charge in [-0.25, -0.2) is 0 Å². The molecular weight excluding hydrogens is 248 g/mol. The van der Waals surface area contributed by atoms with Crippen LogP contribution in [0.2, 0.25) is 0 Å². The lowest BCUT2D eigenvalue weighted by molar-refractivity contribution is 0.506. The van der Waals surface area contributed by atoms with Gasteiger partial charge in [-0.1, -0.05) is 24.3 Å². The van der Waals surface area contributed by atoms with Gasteiger partial charge in [0.2, 0.25) is 0 Å². The van der Waals surface area contributed by atoms with Crippen molar-refractivity contribution >= 4 is 0 Å². The molecule has 0 aliphatic heterocycles. The molecule has 0 fully saturated rings. The summed E-state index contributed by atoms with van der Waals surface area (Å²) in [6, 6.07) is 8.89. The van der Waals surface area contributed by atoms with Crippen molar-refractivity contribution in [2.45, 2.75) is 31.6 Å². The lowest BCUT2D eigenvalue weighted by atomic mass is 9.83. The first-order chi connectivity index (χ1) is 9.84. The predicted octanol–water partition coefficient (Wildman–Crippen LogP) is 2.07. The number of fused-ring (bicyclic) bond motifs is 1. The molecule has 20 heavy (non-hydrogen) atoms. The zero-order valence-corrected chi connectivity index (χ0v) is 12.0. The number of aromatic nitrogens is 3. The molecule has 1 aromatic carbocycles. The molecule has 1 unspecified atom stereocenters. The van der Waals surface area contributed by atoms with Crippen molar-refractivity contribution in [1.82, 2.24) is 20.1 Å². The first-order valence-electron chi connectivity index (χ1n) is 7.46. The van der Waals surface area contributed by atoms with Gasteiger partial charge in [-0.15, -0.1) is 10.2 Å². The summed E-state index contributed by atoms with van der Waals surface area (Å²) >= 11 is 0. The second-order valence-corrected chi connectivity index (χ2v) is 5.60. The van der Waals surface area contributed by atoms with Gasteiger partial charge >= 0.3 is 0 Å². The molecule has 3 rings (SSSR count). The first-order valence-corrected chi connectivity index (χ1v) is 7.46. The topological polar surface area (TPSA) is 42.7 Å². The quantitative estimate of drug-likeness (QED) is 0.846. The van der Waals surface area contributed by atoms with Crippen molar-refractivity contribution in [3.05, 3.63) is 47.5 Å². The lowest BCUT2D eigenvalue weighted by Gasteiger charge is -2.25. The van der Waals surface area contributed by atoms with Crippen LogP contribution < -0.4 is 5.32 Å². The third kappa shape index (κ3) is 2.90. The van der Waals surface area contributed by atoms with E-state index in [1.165, 1.54) is 19.3 Å². The summed E-state index contributed by atoms with van der Waals surface area (Å²) in [7, 11) is 1.99. The third-order valence-electron chi connectivity index (χ3n) is 4.21. The van der Waals surface area contributed by atoms with Gasteiger partial charge < -0.3 is 9.88 Å². The van der Waals surface area contributed by atoms with Gasteiger partial charge in [0.1, 0.15) is 12.2 Å². The number of nitrogens with one attached hydrogen (secondary N) is 1. The van der Waals surface area contributed by atoms with Gasteiger partial charge in [-0.2, -0.15) is 0 Å². The molecule has 1 atom stereocenters. The van der Waals surface area contributed by atoms with Gasteiger partial charge in [-0.3, -0.25) is 0 Å². The number of benzene rings is 1. The molecule has 0 saturated carbocycles. The second kappa shape index (κ2) is 6.18. The monoisotopic (exact) mass is 270 g/mol. The van der Waals surface area contributed by atoms with Crippen molar-refractivity contribution in [3.63, 3.8) is 0 Å². The number of aryl methyl sites for hydroxylation is 2. The highest BCUT2D eigenvalue weighted by Gasteiger charge is 2.18. The second-order valence-electron chi connectivity index (χ2n) is 5.60.